The van der Waals surface area contributed by atoms with E-state index in [1.54, 1.807) is 0 Å². The van der Waals surface area contributed by atoms with Gasteiger partial charge in [0.25, 0.3) is 0 Å². The zero-order chi connectivity index (χ0) is 14.8. The molecule has 0 aliphatic rings. The van der Waals surface area contributed by atoms with Crippen molar-refractivity contribution >= 4 is 0 Å². The third-order valence-corrected chi connectivity index (χ3v) is 3.37. The molecule has 0 spiro atoms. The molecule has 19 heavy (non-hydrogen) atoms. The highest BCUT2D eigenvalue weighted by molar-refractivity contribution is 5.36. The van der Waals surface area contributed by atoms with Crippen molar-refractivity contribution in [3.05, 3.63) is 17.0 Å². The van der Waals surface area contributed by atoms with E-state index in [0.29, 0.717) is 0 Å². The van der Waals surface area contributed by atoms with Crippen LogP contribution < -0.4 is 0 Å². The molecule has 3 nitrogen and oxygen atoms in total. The Labute approximate surface area is 118 Å². The Hall–Kier alpha value is -0.830. The lowest BCUT2D eigenvalue weighted by molar-refractivity contribution is 0.279. The van der Waals surface area contributed by atoms with Crippen molar-refractivity contribution in [2.24, 2.45) is 0 Å². The molecule has 110 valence electrons. The molecule has 3 heteroatoms. The average molecular weight is 266 g/mol. The Morgan fingerprint density at radius 1 is 1.00 bits per heavy atom. The first-order valence-electron chi connectivity index (χ1n) is 7.28. The first-order chi connectivity index (χ1) is 8.59. The van der Waals surface area contributed by atoms with E-state index in [4.69, 9.17) is 10.2 Å². The van der Waals surface area contributed by atoms with Crippen LogP contribution in [0.4, 0.5) is 0 Å². The van der Waals surface area contributed by atoms with E-state index in [0.717, 1.165) is 25.1 Å². The molecule has 1 N–H and O–H groups in total. The summed E-state index contributed by atoms with van der Waals surface area (Å²) < 4.78 is 2.16. The molecule has 0 aliphatic heterocycles. The van der Waals surface area contributed by atoms with E-state index in [1.165, 1.54) is 11.3 Å². The molecule has 1 aromatic rings. The second kappa shape index (κ2) is 5.66. The minimum Gasteiger partial charge on any atom is -0.396 e. The minimum atomic E-state index is 0.0864. The van der Waals surface area contributed by atoms with Crippen LogP contribution in [0.25, 0.3) is 0 Å². The van der Waals surface area contributed by atoms with Gasteiger partial charge in [0.1, 0.15) is 0 Å². The van der Waals surface area contributed by atoms with Gasteiger partial charge in [0.05, 0.1) is 5.69 Å². The molecular weight excluding hydrogens is 236 g/mol. The van der Waals surface area contributed by atoms with Crippen LogP contribution in [0.5, 0.6) is 0 Å². The van der Waals surface area contributed by atoms with Crippen LogP contribution in [-0.4, -0.2) is 21.5 Å². The van der Waals surface area contributed by atoms with E-state index >= 15 is 0 Å². The molecule has 0 aliphatic carbocycles. The maximum absolute atomic E-state index is 8.93. The third kappa shape index (κ3) is 3.82. The van der Waals surface area contributed by atoms with Gasteiger partial charge in [0.15, 0.2) is 0 Å². The molecule has 0 radical (unpaired) electrons. The van der Waals surface area contributed by atoms with E-state index in [-0.39, 0.29) is 17.4 Å². The quantitative estimate of drug-likeness (QED) is 0.846. The number of hydrogen-bond donors (Lipinski definition) is 1. The van der Waals surface area contributed by atoms with Crippen molar-refractivity contribution in [3.63, 3.8) is 0 Å². The van der Waals surface area contributed by atoms with Gasteiger partial charge in [0, 0.05) is 29.8 Å². The number of unbranched alkanes of at least 4 members (excludes halogenated alkanes) is 1. The zero-order valence-electron chi connectivity index (χ0n) is 13.7. The van der Waals surface area contributed by atoms with Gasteiger partial charge in [-0.25, -0.2) is 0 Å². The van der Waals surface area contributed by atoms with Gasteiger partial charge >= 0.3 is 0 Å². The summed E-state index contributed by atoms with van der Waals surface area (Å²) in [7, 11) is 0. The fraction of sp³-hybridized carbons (Fsp3) is 0.812. The lowest BCUT2D eigenvalue weighted by Gasteiger charge is -2.28. The topological polar surface area (TPSA) is 38.0 Å². The Balaban J connectivity index is 3.26. The highest BCUT2D eigenvalue weighted by atomic mass is 16.2. The number of aromatic nitrogens is 2. The van der Waals surface area contributed by atoms with Crippen LogP contribution in [0.1, 0.15) is 71.3 Å². The van der Waals surface area contributed by atoms with Gasteiger partial charge in [0.2, 0.25) is 0 Å². The number of rotatable bonds is 4. The van der Waals surface area contributed by atoms with Gasteiger partial charge in [-0.05, 0) is 25.2 Å². The molecule has 1 rings (SSSR count). The Kier molecular flexibility index (Phi) is 4.83. The fourth-order valence-corrected chi connectivity index (χ4v) is 2.78. The highest BCUT2D eigenvalue weighted by Crippen LogP contribution is 2.36. The first-order valence-corrected chi connectivity index (χ1v) is 7.28. The van der Waals surface area contributed by atoms with Gasteiger partial charge < -0.3 is 5.11 Å². The zero-order valence-corrected chi connectivity index (χ0v) is 13.7. The minimum absolute atomic E-state index is 0.0864. The van der Waals surface area contributed by atoms with Crippen LogP contribution in [0.2, 0.25) is 0 Å². The number of aliphatic hydroxyl groups excluding tert-OH is 1. The smallest absolute Gasteiger partial charge is 0.0634 e. The number of aliphatic hydroxyl groups is 1. The van der Waals surface area contributed by atoms with E-state index in [9.17, 15) is 0 Å². The summed E-state index contributed by atoms with van der Waals surface area (Å²) in [5, 5.41) is 13.7. The molecule has 0 saturated carbocycles. The monoisotopic (exact) mass is 266 g/mol. The summed E-state index contributed by atoms with van der Waals surface area (Å²) in [5.74, 6) is 0. The van der Waals surface area contributed by atoms with Crippen molar-refractivity contribution in [2.75, 3.05) is 6.61 Å². The van der Waals surface area contributed by atoms with Gasteiger partial charge in [-0.2, -0.15) is 5.10 Å². The molecule has 0 unspecified atom stereocenters. The normalized spacial score (nSPS) is 13.1. The van der Waals surface area contributed by atoms with Crippen LogP contribution >= 0.6 is 0 Å². The molecule has 0 bridgehead atoms. The summed E-state index contributed by atoms with van der Waals surface area (Å²) in [6, 6.07) is 0. The molecule has 0 saturated heterocycles. The Morgan fingerprint density at radius 2 is 1.58 bits per heavy atom. The van der Waals surface area contributed by atoms with Gasteiger partial charge in [-0.1, -0.05) is 41.5 Å². The predicted octanol–water partition coefficient (Wildman–Crippen LogP) is 3.56. The van der Waals surface area contributed by atoms with Crippen LogP contribution in [0.3, 0.4) is 0 Å². The van der Waals surface area contributed by atoms with Crippen molar-refractivity contribution in [1.29, 1.82) is 0 Å². The molecule has 0 atom stereocenters. The number of hydrogen-bond acceptors (Lipinski definition) is 2. The maximum Gasteiger partial charge on any atom is 0.0634 e. The van der Waals surface area contributed by atoms with Crippen molar-refractivity contribution < 1.29 is 5.11 Å². The summed E-state index contributed by atoms with van der Waals surface area (Å²) in [5.41, 5.74) is 4.06. The van der Waals surface area contributed by atoms with Crippen molar-refractivity contribution in [2.45, 2.75) is 78.7 Å². The number of nitrogens with zero attached hydrogens (tertiary/aromatic N) is 2. The molecule has 0 fully saturated rings. The molecule has 0 amide bonds. The second-order valence-electron chi connectivity index (χ2n) is 7.46. The standard InChI is InChI=1S/C16H30N2O/c1-12-13(15(2,3)4)14(16(5,6)7)18(17-12)10-8-9-11-19/h19H,8-11H2,1-7H3. The number of aryl methyl sites for hydroxylation is 2. The van der Waals surface area contributed by atoms with Gasteiger partial charge in [-0.3, -0.25) is 4.68 Å². The summed E-state index contributed by atoms with van der Waals surface area (Å²) >= 11 is 0. The van der Waals surface area contributed by atoms with E-state index in [2.05, 4.69) is 53.1 Å². The predicted molar refractivity (Wildman–Crippen MR) is 80.7 cm³/mol. The molecule has 1 aromatic heterocycles. The summed E-state index contributed by atoms with van der Waals surface area (Å²) in [6.45, 7) is 16.8. The average Bonchev–Trinajstić information content (AvgIpc) is 2.54. The fourth-order valence-electron chi connectivity index (χ4n) is 2.78. The van der Waals surface area contributed by atoms with Crippen LogP contribution in [0.15, 0.2) is 0 Å². The molecule has 1 heterocycles. The van der Waals surface area contributed by atoms with Crippen LogP contribution in [0, 0.1) is 6.92 Å². The largest absolute Gasteiger partial charge is 0.396 e. The summed E-state index contributed by atoms with van der Waals surface area (Å²) in [4.78, 5) is 0. The Morgan fingerprint density at radius 3 is 2.00 bits per heavy atom. The van der Waals surface area contributed by atoms with Gasteiger partial charge in [-0.15, -0.1) is 0 Å². The lowest BCUT2D eigenvalue weighted by atomic mass is 9.78. The molecule has 0 aromatic carbocycles. The third-order valence-electron chi connectivity index (χ3n) is 3.37. The SMILES string of the molecule is Cc1nn(CCCCO)c(C(C)(C)C)c1C(C)(C)C. The molecular formula is C16H30N2O. The Bertz CT molecular complexity index is 419. The summed E-state index contributed by atoms with van der Waals surface area (Å²) in [6.07, 6.45) is 1.82. The van der Waals surface area contributed by atoms with Crippen molar-refractivity contribution in [1.82, 2.24) is 9.78 Å². The van der Waals surface area contributed by atoms with E-state index < -0.39 is 0 Å². The second-order valence-corrected chi connectivity index (χ2v) is 7.46. The van der Waals surface area contributed by atoms with Crippen LogP contribution in [-0.2, 0) is 17.4 Å². The van der Waals surface area contributed by atoms with E-state index in [1.807, 2.05) is 0 Å². The first kappa shape index (κ1) is 16.2. The maximum atomic E-state index is 8.93. The lowest BCUT2D eigenvalue weighted by Crippen LogP contribution is -2.25. The highest BCUT2D eigenvalue weighted by Gasteiger charge is 2.31. The van der Waals surface area contributed by atoms with Crippen molar-refractivity contribution in [3.8, 4) is 0 Å².